The molecule has 1 amide bonds. The molecule has 5 heterocycles. The molecule has 2 N–H and O–H groups in total. The molecule has 0 spiro atoms. The van der Waals surface area contributed by atoms with Gasteiger partial charge in [0.2, 0.25) is 10.0 Å². The lowest BCUT2D eigenvalue weighted by Crippen LogP contribution is -2.37. The topological polar surface area (TPSA) is 128 Å². The summed E-state index contributed by atoms with van der Waals surface area (Å²) in [5, 5.41) is 0.629. The second-order valence-electron chi connectivity index (χ2n) is 11.3. The van der Waals surface area contributed by atoms with Gasteiger partial charge in [-0.3, -0.25) is 9.20 Å². The average Bonchev–Trinajstić information content (AvgIpc) is 3.46. The van der Waals surface area contributed by atoms with Gasteiger partial charge in [0.05, 0.1) is 30.8 Å². The number of rotatable bonds is 9. The molecule has 0 bridgehead atoms. The highest BCUT2D eigenvalue weighted by atomic mass is 32.2. The normalized spacial score (nSPS) is 19.2. The lowest BCUT2D eigenvalue weighted by atomic mass is 10.2. The Hall–Kier alpha value is -3.85. The number of aromatic nitrogens is 4. The minimum absolute atomic E-state index is 0.000855. The van der Waals surface area contributed by atoms with Crippen molar-refractivity contribution in [2.75, 3.05) is 30.9 Å². The number of likely N-dealkylation sites (tertiary alicyclic amines) is 1. The van der Waals surface area contributed by atoms with Crippen molar-refractivity contribution in [3.8, 4) is 17.3 Å². The molecule has 2 atom stereocenters. The Morgan fingerprint density at radius 2 is 1.95 bits per heavy atom. The van der Waals surface area contributed by atoms with E-state index in [2.05, 4.69) is 4.98 Å². The van der Waals surface area contributed by atoms with Gasteiger partial charge in [-0.2, -0.15) is 13.1 Å². The maximum atomic E-state index is 13.8. The van der Waals surface area contributed by atoms with E-state index in [1.807, 2.05) is 17.6 Å². The number of nitrogens with two attached hydrogens (primary N) is 1. The van der Waals surface area contributed by atoms with Gasteiger partial charge in [0, 0.05) is 36.1 Å². The number of anilines is 1. The minimum atomic E-state index is -4.29. The molecule has 11 nitrogen and oxygen atoms in total. The zero-order valence-electron chi connectivity index (χ0n) is 23.9. The number of nitrogens with zero attached hydrogens (tertiary/aromatic N) is 6. The van der Waals surface area contributed by atoms with Gasteiger partial charge < -0.3 is 19.9 Å². The van der Waals surface area contributed by atoms with Crippen LogP contribution in [0.3, 0.4) is 0 Å². The highest BCUT2D eigenvalue weighted by Gasteiger charge is 2.35. The van der Waals surface area contributed by atoms with Crippen molar-refractivity contribution in [2.24, 2.45) is 11.7 Å². The summed E-state index contributed by atoms with van der Waals surface area (Å²) in [4.78, 5) is 24.1. The highest BCUT2D eigenvalue weighted by molar-refractivity contribution is 7.92. The predicted octanol–water partition coefficient (Wildman–Crippen LogP) is 3.58. The molecule has 6 rings (SSSR count). The third-order valence-corrected chi connectivity index (χ3v) is 9.19. The number of hydrogen-bond donors (Lipinski definition) is 1. The quantitative estimate of drug-likeness (QED) is 0.284. The number of carbonyl (C=O) groups excluding carboxylic acids is 1. The molecule has 4 aromatic heterocycles. The van der Waals surface area contributed by atoms with Crippen LogP contribution in [-0.4, -0.2) is 83.4 Å². The molecule has 4 aromatic rings. The van der Waals surface area contributed by atoms with Crippen molar-refractivity contribution in [2.45, 2.75) is 51.4 Å². The first-order valence-corrected chi connectivity index (χ1v) is 15.7. The van der Waals surface area contributed by atoms with Crippen LogP contribution in [0.1, 0.15) is 35.3 Å². The van der Waals surface area contributed by atoms with Gasteiger partial charge in [0.15, 0.2) is 5.88 Å². The van der Waals surface area contributed by atoms with Crippen LogP contribution in [0.25, 0.3) is 28.1 Å². The number of fused-ring (bicyclic) bond motifs is 2. The van der Waals surface area contributed by atoms with E-state index in [0.29, 0.717) is 64.8 Å². The molecule has 1 aliphatic carbocycles. The third kappa shape index (κ3) is 5.18. The maximum absolute atomic E-state index is 13.8. The number of amides is 1. The zero-order chi connectivity index (χ0) is 30.8. The number of methoxy groups -OCH3 is 1. The summed E-state index contributed by atoms with van der Waals surface area (Å²) >= 11 is 0. The Morgan fingerprint density at radius 3 is 2.58 bits per heavy atom. The fraction of sp³-hybridized carbons (Fsp3) is 0.464. The summed E-state index contributed by atoms with van der Waals surface area (Å²) in [6.45, 7) is -1.35. The van der Waals surface area contributed by atoms with E-state index < -0.39 is 29.3 Å². The molecule has 1 aliphatic heterocycles. The van der Waals surface area contributed by atoms with E-state index in [1.54, 1.807) is 22.6 Å². The van der Waals surface area contributed by atoms with Gasteiger partial charge in [0.25, 0.3) is 5.91 Å². The monoisotopic (exact) mass is 619 g/mol. The molecule has 43 heavy (non-hydrogen) atoms. The van der Waals surface area contributed by atoms with E-state index in [0.717, 1.165) is 12.8 Å². The predicted molar refractivity (Wildman–Crippen MR) is 155 cm³/mol. The molecular weight excluding hydrogens is 587 g/mol. The van der Waals surface area contributed by atoms with Crippen LogP contribution < -0.4 is 14.8 Å². The molecule has 0 radical (unpaired) electrons. The Labute approximate surface area is 246 Å². The summed E-state index contributed by atoms with van der Waals surface area (Å²) < 4.78 is 74.8. The largest absolute Gasteiger partial charge is 0.482 e. The molecule has 0 aromatic carbocycles. The Morgan fingerprint density at radius 1 is 1.21 bits per heavy atom. The zero-order valence-corrected chi connectivity index (χ0v) is 24.7. The van der Waals surface area contributed by atoms with Crippen LogP contribution >= 0.6 is 0 Å². The molecule has 2 aliphatic rings. The molecular formula is C28H32F3N7O4S. The van der Waals surface area contributed by atoms with Gasteiger partial charge in [-0.25, -0.2) is 22.8 Å². The average molecular weight is 620 g/mol. The van der Waals surface area contributed by atoms with Crippen molar-refractivity contribution in [1.29, 1.82) is 0 Å². The summed E-state index contributed by atoms with van der Waals surface area (Å²) in [7, 11) is -2.81. The van der Waals surface area contributed by atoms with Crippen molar-refractivity contribution >= 4 is 38.4 Å². The van der Waals surface area contributed by atoms with Crippen LogP contribution in [0.5, 0.6) is 5.88 Å². The molecule has 15 heteroatoms. The number of carbonyl (C=O) groups is 1. The van der Waals surface area contributed by atoms with Crippen LogP contribution in [-0.2, 0) is 16.6 Å². The molecule has 230 valence electrons. The van der Waals surface area contributed by atoms with E-state index >= 15 is 0 Å². The number of imidazole rings is 1. The molecule has 1 saturated heterocycles. The Bertz CT molecular complexity index is 1840. The van der Waals surface area contributed by atoms with Gasteiger partial charge in [-0.15, -0.1) is 0 Å². The van der Waals surface area contributed by atoms with Crippen LogP contribution in [0.4, 0.5) is 19.0 Å². The summed E-state index contributed by atoms with van der Waals surface area (Å²) in [5.41, 5.74) is 8.99. The number of pyridine rings is 2. The number of aryl methyl sites for hydroxylation is 1. The Balaban J connectivity index is 1.49. The van der Waals surface area contributed by atoms with Crippen molar-refractivity contribution < 1.29 is 31.1 Å². The van der Waals surface area contributed by atoms with Crippen molar-refractivity contribution in [1.82, 2.24) is 23.8 Å². The SMILES string of the molecule is COc1cc(C(=O)N2C[C@H](N)C[C@@H]2CF)cc2nc(-c3cc4ccc(N(C(F)F)S(C)(=O)=O)nc4n3CC3CC3)c(C)n12. The van der Waals surface area contributed by atoms with E-state index in [4.69, 9.17) is 15.5 Å². The Kier molecular flexibility index (Phi) is 7.27. The smallest absolute Gasteiger partial charge is 0.329 e. The number of ether oxygens (including phenoxy) is 1. The second kappa shape index (κ2) is 10.7. The van der Waals surface area contributed by atoms with Crippen LogP contribution in [0, 0.1) is 12.8 Å². The van der Waals surface area contributed by atoms with Gasteiger partial charge in [0.1, 0.15) is 29.5 Å². The number of sulfonamides is 1. The third-order valence-electron chi connectivity index (χ3n) is 8.13. The van der Waals surface area contributed by atoms with Gasteiger partial charge >= 0.3 is 6.55 Å². The van der Waals surface area contributed by atoms with E-state index in [-0.39, 0.29) is 34.2 Å². The first kappa shape index (κ1) is 29.2. The number of halogens is 3. The summed E-state index contributed by atoms with van der Waals surface area (Å²) in [6.07, 6.45) is 3.08. The molecule has 2 fully saturated rings. The van der Waals surface area contributed by atoms with Crippen LogP contribution in [0.2, 0.25) is 0 Å². The second-order valence-corrected chi connectivity index (χ2v) is 13.1. The van der Waals surface area contributed by atoms with Crippen LogP contribution in [0.15, 0.2) is 30.3 Å². The summed E-state index contributed by atoms with van der Waals surface area (Å²) in [5.74, 6) is -0.0419. The lowest BCUT2D eigenvalue weighted by molar-refractivity contribution is 0.0714. The van der Waals surface area contributed by atoms with E-state index in [9.17, 15) is 26.4 Å². The molecule has 1 saturated carbocycles. The fourth-order valence-electron chi connectivity index (χ4n) is 5.90. The number of hydrogen-bond acceptors (Lipinski definition) is 7. The molecule has 0 unspecified atom stereocenters. The van der Waals surface area contributed by atoms with Gasteiger partial charge in [-0.1, -0.05) is 0 Å². The fourth-order valence-corrected chi connectivity index (χ4v) is 6.63. The van der Waals surface area contributed by atoms with Crippen molar-refractivity contribution in [3.63, 3.8) is 0 Å². The maximum Gasteiger partial charge on any atom is 0.329 e. The lowest BCUT2D eigenvalue weighted by Gasteiger charge is -2.22. The van der Waals surface area contributed by atoms with Gasteiger partial charge in [-0.05, 0) is 56.4 Å². The minimum Gasteiger partial charge on any atom is -0.482 e. The summed E-state index contributed by atoms with van der Waals surface area (Å²) in [6, 6.07) is 6.97. The first-order valence-electron chi connectivity index (χ1n) is 13.9. The first-order chi connectivity index (χ1) is 20.4. The number of alkyl halides is 3. The van der Waals surface area contributed by atoms with Crippen molar-refractivity contribution in [3.05, 3.63) is 41.6 Å². The highest BCUT2D eigenvalue weighted by Crippen LogP contribution is 2.38. The standard InChI is InChI=1S/C28H32F3N7O4S/c1-15-25(33-23-9-18(10-24(42-2)37(15)23)27(39)35-14-19(32)11-20(35)12-29)21-8-17-6-7-22(38(28(30)31)43(3,40)41)34-26(17)36(21)13-16-4-5-16/h6-10,16,19-20,28H,4-5,11-14,32H2,1-3H3/t19-,20-/m1/s1. The van der Waals surface area contributed by atoms with E-state index in [1.165, 1.54) is 18.1 Å².